The summed E-state index contributed by atoms with van der Waals surface area (Å²) in [4.78, 5) is 22.3. The number of carbonyl (C=O) groups excluding carboxylic acids is 1. The molecule has 6 heteroatoms. The predicted octanol–water partition coefficient (Wildman–Crippen LogP) is -0.341. The Morgan fingerprint density at radius 2 is 2.25 bits per heavy atom. The lowest BCUT2D eigenvalue weighted by Gasteiger charge is -2.14. The molecule has 0 spiro atoms. The summed E-state index contributed by atoms with van der Waals surface area (Å²) in [5, 5.41) is 17.6. The monoisotopic (exact) mass is 225 g/mol. The van der Waals surface area contributed by atoms with E-state index >= 15 is 0 Å². The number of nitrogens with zero attached hydrogens (tertiary/aromatic N) is 1. The molecule has 1 amide bonds. The van der Waals surface area contributed by atoms with Gasteiger partial charge in [0, 0.05) is 12.1 Å². The summed E-state index contributed by atoms with van der Waals surface area (Å²) >= 11 is 0. The van der Waals surface area contributed by atoms with Crippen molar-refractivity contribution in [3.05, 3.63) is 28.2 Å². The quantitative estimate of drug-likeness (QED) is 0.653. The van der Waals surface area contributed by atoms with E-state index in [2.05, 4.69) is 15.5 Å². The zero-order valence-electron chi connectivity index (χ0n) is 9.23. The maximum absolute atomic E-state index is 11.6. The molecule has 1 aromatic heterocycles. The van der Waals surface area contributed by atoms with Crippen LogP contribution in [0.2, 0.25) is 0 Å². The molecule has 0 fully saturated rings. The number of aliphatic hydroxyl groups excluding tert-OH is 1. The number of nitrogens with one attached hydrogen (secondary N) is 2. The molecule has 1 aromatic rings. The van der Waals surface area contributed by atoms with Crippen LogP contribution < -0.4 is 10.9 Å². The smallest absolute Gasteiger partial charge is 0.271 e. The van der Waals surface area contributed by atoms with Gasteiger partial charge in [0.15, 0.2) is 0 Å². The first-order valence-corrected chi connectivity index (χ1v) is 5.03. The number of aromatic nitrogens is 2. The van der Waals surface area contributed by atoms with Gasteiger partial charge in [-0.2, -0.15) is 5.10 Å². The average Bonchev–Trinajstić information content (AvgIpc) is 2.16. The van der Waals surface area contributed by atoms with Gasteiger partial charge in [-0.1, -0.05) is 0 Å². The van der Waals surface area contributed by atoms with Crippen LogP contribution >= 0.6 is 0 Å². The highest BCUT2D eigenvalue weighted by molar-refractivity contribution is 5.92. The van der Waals surface area contributed by atoms with Crippen LogP contribution in [0.15, 0.2) is 16.9 Å². The van der Waals surface area contributed by atoms with Crippen molar-refractivity contribution in [1.82, 2.24) is 15.5 Å². The van der Waals surface area contributed by atoms with Gasteiger partial charge >= 0.3 is 0 Å². The van der Waals surface area contributed by atoms with E-state index in [1.165, 1.54) is 12.1 Å². The first-order chi connectivity index (χ1) is 7.49. The molecule has 2 atom stereocenters. The van der Waals surface area contributed by atoms with E-state index in [4.69, 9.17) is 5.11 Å². The van der Waals surface area contributed by atoms with E-state index in [0.717, 1.165) is 0 Å². The molecule has 6 nitrogen and oxygen atoms in total. The number of rotatable bonds is 4. The lowest BCUT2D eigenvalue weighted by molar-refractivity contribution is 0.0917. The number of carbonyl (C=O) groups is 1. The van der Waals surface area contributed by atoms with Gasteiger partial charge in [-0.25, -0.2) is 5.10 Å². The standard InChI is InChI=1S/C10H15N3O3/c1-6(5-7(2)14)11-10(16)8-3-4-9(15)13-12-8/h3-4,6-7,14H,5H2,1-2H3,(H,11,16)(H,13,15). The van der Waals surface area contributed by atoms with Crippen LogP contribution in [0, 0.1) is 0 Å². The van der Waals surface area contributed by atoms with Gasteiger partial charge in [0.1, 0.15) is 5.69 Å². The fourth-order valence-electron chi connectivity index (χ4n) is 1.34. The first-order valence-electron chi connectivity index (χ1n) is 5.03. The Balaban J connectivity index is 2.58. The zero-order valence-corrected chi connectivity index (χ0v) is 9.23. The number of amides is 1. The molecular formula is C10H15N3O3. The molecule has 0 aliphatic heterocycles. The molecule has 0 aromatic carbocycles. The molecule has 3 N–H and O–H groups in total. The molecule has 0 aliphatic carbocycles. The van der Waals surface area contributed by atoms with E-state index in [0.29, 0.717) is 6.42 Å². The summed E-state index contributed by atoms with van der Waals surface area (Å²) in [5.41, 5.74) is -0.203. The van der Waals surface area contributed by atoms with Gasteiger partial charge in [0.05, 0.1) is 6.10 Å². The molecule has 1 rings (SSSR count). The van der Waals surface area contributed by atoms with Crippen LogP contribution in [-0.2, 0) is 0 Å². The molecule has 16 heavy (non-hydrogen) atoms. The predicted molar refractivity (Wildman–Crippen MR) is 58.1 cm³/mol. The minimum atomic E-state index is -0.473. The van der Waals surface area contributed by atoms with Crippen LogP contribution in [-0.4, -0.2) is 33.4 Å². The minimum absolute atomic E-state index is 0.150. The van der Waals surface area contributed by atoms with Crippen molar-refractivity contribution >= 4 is 5.91 Å². The number of aromatic amines is 1. The second-order valence-electron chi connectivity index (χ2n) is 3.77. The fourth-order valence-corrected chi connectivity index (χ4v) is 1.34. The Hall–Kier alpha value is -1.69. The molecule has 0 saturated heterocycles. The molecule has 0 aliphatic rings. The molecule has 0 saturated carbocycles. The highest BCUT2D eigenvalue weighted by atomic mass is 16.3. The maximum Gasteiger partial charge on any atom is 0.271 e. The third-order valence-corrected chi connectivity index (χ3v) is 1.98. The summed E-state index contributed by atoms with van der Waals surface area (Å²) in [7, 11) is 0. The highest BCUT2D eigenvalue weighted by Gasteiger charge is 2.12. The maximum atomic E-state index is 11.6. The minimum Gasteiger partial charge on any atom is -0.393 e. The van der Waals surface area contributed by atoms with Crippen LogP contribution in [0.5, 0.6) is 0 Å². The molecule has 0 radical (unpaired) electrons. The van der Waals surface area contributed by atoms with Gasteiger partial charge in [-0.3, -0.25) is 9.59 Å². The van der Waals surface area contributed by atoms with Crippen molar-refractivity contribution in [2.24, 2.45) is 0 Å². The van der Waals surface area contributed by atoms with Gasteiger partial charge in [-0.05, 0) is 26.3 Å². The summed E-state index contributed by atoms with van der Waals surface area (Å²) < 4.78 is 0. The number of aliphatic hydroxyl groups is 1. The van der Waals surface area contributed by atoms with E-state index < -0.39 is 6.10 Å². The second-order valence-corrected chi connectivity index (χ2v) is 3.77. The summed E-state index contributed by atoms with van der Waals surface area (Å²) in [6, 6.07) is 2.44. The van der Waals surface area contributed by atoms with Crippen molar-refractivity contribution in [1.29, 1.82) is 0 Å². The first kappa shape index (κ1) is 12.4. The third-order valence-electron chi connectivity index (χ3n) is 1.98. The largest absolute Gasteiger partial charge is 0.393 e. The van der Waals surface area contributed by atoms with Crippen LogP contribution in [0.4, 0.5) is 0 Å². The average molecular weight is 225 g/mol. The van der Waals surface area contributed by atoms with Crippen LogP contribution in [0.1, 0.15) is 30.8 Å². The van der Waals surface area contributed by atoms with Gasteiger partial charge < -0.3 is 10.4 Å². The SMILES string of the molecule is CC(O)CC(C)NC(=O)c1ccc(=O)[nH]n1. The van der Waals surface area contributed by atoms with Crippen molar-refractivity contribution in [2.45, 2.75) is 32.4 Å². The van der Waals surface area contributed by atoms with E-state index in [9.17, 15) is 9.59 Å². The van der Waals surface area contributed by atoms with E-state index in [1.54, 1.807) is 13.8 Å². The Labute approximate surface area is 92.7 Å². The van der Waals surface area contributed by atoms with Crippen molar-refractivity contribution in [3.8, 4) is 0 Å². The topological polar surface area (TPSA) is 95.1 Å². The van der Waals surface area contributed by atoms with E-state index in [1.807, 2.05) is 0 Å². The number of hydrogen-bond acceptors (Lipinski definition) is 4. The zero-order chi connectivity index (χ0) is 12.1. The molecule has 2 unspecified atom stereocenters. The van der Waals surface area contributed by atoms with Crippen molar-refractivity contribution < 1.29 is 9.90 Å². The number of hydrogen-bond donors (Lipinski definition) is 3. The molecule has 0 bridgehead atoms. The summed E-state index contributed by atoms with van der Waals surface area (Å²) in [6.07, 6.45) is -0.00594. The third kappa shape index (κ3) is 3.82. The van der Waals surface area contributed by atoms with Crippen LogP contribution in [0.3, 0.4) is 0 Å². The Morgan fingerprint density at radius 3 is 2.75 bits per heavy atom. The van der Waals surface area contributed by atoms with Crippen LogP contribution in [0.25, 0.3) is 0 Å². The molecular weight excluding hydrogens is 210 g/mol. The number of H-pyrrole nitrogens is 1. The fraction of sp³-hybridized carbons (Fsp3) is 0.500. The van der Waals surface area contributed by atoms with Crippen molar-refractivity contribution in [3.63, 3.8) is 0 Å². The van der Waals surface area contributed by atoms with E-state index in [-0.39, 0.29) is 23.2 Å². The molecule has 1 heterocycles. The molecule has 88 valence electrons. The Morgan fingerprint density at radius 1 is 1.56 bits per heavy atom. The Kier molecular flexibility index (Phi) is 4.19. The normalized spacial score (nSPS) is 14.2. The van der Waals surface area contributed by atoms with Gasteiger partial charge in [0.25, 0.3) is 11.5 Å². The lowest BCUT2D eigenvalue weighted by atomic mass is 10.1. The van der Waals surface area contributed by atoms with Gasteiger partial charge in [0.2, 0.25) is 0 Å². The summed E-state index contributed by atoms with van der Waals surface area (Å²) in [6.45, 7) is 3.44. The second kappa shape index (κ2) is 5.41. The summed E-state index contributed by atoms with van der Waals surface area (Å²) in [5.74, 6) is -0.371. The highest BCUT2D eigenvalue weighted by Crippen LogP contribution is 1.98. The van der Waals surface area contributed by atoms with Crippen molar-refractivity contribution in [2.75, 3.05) is 0 Å². The van der Waals surface area contributed by atoms with Gasteiger partial charge in [-0.15, -0.1) is 0 Å². The lowest BCUT2D eigenvalue weighted by Crippen LogP contribution is -2.35. The Bertz CT molecular complexity index is 394.